The van der Waals surface area contributed by atoms with Gasteiger partial charge in [0.25, 0.3) is 5.91 Å². The summed E-state index contributed by atoms with van der Waals surface area (Å²) in [4.78, 5) is 20.9. The predicted octanol–water partition coefficient (Wildman–Crippen LogP) is 1.54. The molecule has 6 nitrogen and oxygen atoms in total. The van der Waals surface area contributed by atoms with Gasteiger partial charge in [0.05, 0.1) is 6.07 Å². The van der Waals surface area contributed by atoms with E-state index in [9.17, 15) is 14.9 Å². The third kappa shape index (κ3) is 3.25. The van der Waals surface area contributed by atoms with E-state index >= 15 is 0 Å². The smallest absolute Gasteiger partial charge is 0.395 e. The van der Waals surface area contributed by atoms with Gasteiger partial charge in [0.15, 0.2) is 5.76 Å². The molecule has 0 saturated carbocycles. The van der Waals surface area contributed by atoms with Crippen LogP contribution in [0.3, 0.4) is 0 Å². The first kappa shape index (κ1) is 11.5. The van der Waals surface area contributed by atoms with E-state index in [-0.39, 0.29) is 17.7 Å². The number of nitrogens with zero attached hydrogens (tertiary/aromatic N) is 1. The SMILES string of the molecule is CC(Cl)CNC(=O)c1ccc([N+](=O)[O-])o1. The maximum absolute atomic E-state index is 11.3. The molecule has 1 atom stereocenters. The van der Waals surface area contributed by atoms with Crippen molar-refractivity contribution in [2.45, 2.75) is 12.3 Å². The first-order valence-corrected chi connectivity index (χ1v) is 4.61. The molecule has 1 aromatic rings. The number of furan rings is 1. The van der Waals surface area contributed by atoms with Crippen LogP contribution in [0.4, 0.5) is 5.88 Å². The molecule has 0 aliphatic heterocycles. The zero-order valence-corrected chi connectivity index (χ0v) is 8.65. The lowest BCUT2D eigenvalue weighted by Gasteiger charge is -2.03. The van der Waals surface area contributed by atoms with Crippen LogP contribution in [0.1, 0.15) is 17.5 Å². The molecule has 1 rings (SSSR count). The highest BCUT2D eigenvalue weighted by Crippen LogP contribution is 2.15. The monoisotopic (exact) mass is 232 g/mol. The Morgan fingerprint density at radius 3 is 2.87 bits per heavy atom. The number of nitrogens with one attached hydrogen (secondary N) is 1. The molecule has 1 N–H and O–H groups in total. The molecule has 0 aromatic carbocycles. The summed E-state index contributed by atoms with van der Waals surface area (Å²) in [6.07, 6.45) is 0. The van der Waals surface area contributed by atoms with Crippen molar-refractivity contribution in [2.24, 2.45) is 0 Å². The van der Waals surface area contributed by atoms with Crippen LogP contribution in [0.2, 0.25) is 0 Å². The van der Waals surface area contributed by atoms with Crippen LogP contribution in [-0.4, -0.2) is 22.8 Å². The average molecular weight is 233 g/mol. The fourth-order valence-electron chi connectivity index (χ4n) is 0.868. The van der Waals surface area contributed by atoms with Crippen LogP contribution in [0.25, 0.3) is 0 Å². The van der Waals surface area contributed by atoms with Crippen molar-refractivity contribution in [1.82, 2.24) is 5.32 Å². The Kier molecular flexibility index (Phi) is 3.68. The molecule has 7 heteroatoms. The van der Waals surface area contributed by atoms with E-state index in [1.165, 1.54) is 6.07 Å². The summed E-state index contributed by atoms with van der Waals surface area (Å²) in [5.41, 5.74) is 0. The Hall–Kier alpha value is -1.56. The normalized spacial score (nSPS) is 12.1. The summed E-state index contributed by atoms with van der Waals surface area (Å²) in [5.74, 6) is -1.08. The number of rotatable bonds is 4. The standard InChI is InChI=1S/C8H9ClN2O4/c1-5(9)4-10-8(12)6-2-3-7(15-6)11(13)14/h2-3,5H,4H2,1H3,(H,10,12). The van der Waals surface area contributed by atoms with Gasteiger partial charge in [-0.2, -0.15) is 0 Å². The molecule has 0 fully saturated rings. The number of carbonyl (C=O) groups is 1. The number of nitro groups is 1. The lowest BCUT2D eigenvalue weighted by Crippen LogP contribution is -2.28. The summed E-state index contributed by atoms with van der Waals surface area (Å²) < 4.78 is 4.68. The van der Waals surface area contributed by atoms with Crippen molar-refractivity contribution in [3.8, 4) is 0 Å². The average Bonchev–Trinajstić information content (AvgIpc) is 2.62. The maximum atomic E-state index is 11.3. The molecule has 0 saturated heterocycles. The fraction of sp³-hybridized carbons (Fsp3) is 0.375. The molecule has 1 unspecified atom stereocenters. The molecule has 0 bridgehead atoms. The second kappa shape index (κ2) is 4.79. The van der Waals surface area contributed by atoms with E-state index in [1.54, 1.807) is 6.92 Å². The molecule has 1 heterocycles. The second-order valence-electron chi connectivity index (χ2n) is 2.89. The largest absolute Gasteiger partial charge is 0.433 e. The molecule has 1 amide bonds. The van der Waals surface area contributed by atoms with E-state index in [0.29, 0.717) is 0 Å². The highest BCUT2D eigenvalue weighted by Gasteiger charge is 2.16. The molecular formula is C8H9ClN2O4. The first-order valence-electron chi connectivity index (χ1n) is 4.17. The van der Waals surface area contributed by atoms with Crippen molar-refractivity contribution >= 4 is 23.4 Å². The number of hydrogen-bond acceptors (Lipinski definition) is 4. The number of hydrogen-bond donors (Lipinski definition) is 1. The third-order valence-corrected chi connectivity index (χ3v) is 1.69. The summed E-state index contributed by atoms with van der Waals surface area (Å²) in [6, 6.07) is 2.37. The van der Waals surface area contributed by atoms with Gasteiger partial charge in [-0.05, 0) is 13.0 Å². The summed E-state index contributed by atoms with van der Waals surface area (Å²) >= 11 is 5.61. The number of carbonyl (C=O) groups excluding carboxylic acids is 1. The molecule has 1 aromatic heterocycles. The zero-order valence-electron chi connectivity index (χ0n) is 7.90. The Morgan fingerprint density at radius 2 is 2.40 bits per heavy atom. The second-order valence-corrected chi connectivity index (χ2v) is 3.63. The number of amides is 1. The van der Waals surface area contributed by atoms with Gasteiger partial charge in [-0.1, -0.05) is 0 Å². The van der Waals surface area contributed by atoms with Gasteiger partial charge in [0, 0.05) is 11.9 Å². The Morgan fingerprint density at radius 1 is 1.73 bits per heavy atom. The molecule has 15 heavy (non-hydrogen) atoms. The van der Waals surface area contributed by atoms with Crippen molar-refractivity contribution in [1.29, 1.82) is 0 Å². The van der Waals surface area contributed by atoms with Crippen molar-refractivity contribution in [3.63, 3.8) is 0 Å². The van der Waals surface area contributed by atoms with E-state index < -0.39 is 16.7 Å². The molecule has 0 radical (unpaired) electrons. The molecule has 0 aliphatic rings. The maximum Gasteiger partial charge on any atom is 0.433 e. The fourth-order valence-corrected chi connectivity index (χ4v) is 0.945. The topological polar surface area (TPSA) is 85.4 Å². The molecule has 0 spiro atoms. The minimum Gasteiger partial charge on any atom is -0.395 e. The van der Waals surface area contributed by atoms with Gasteiger partial charge >= 0.3 is 5.88 Å². The van der Waals surface area contributed by atoms with Crippen LogP contribution in [0.5, 0.6) is 0 Å². The van der Waals surface area contributed by atoms with Crippen LogP contribution >= 0.6 is 11.6 Å². The van der Waals surface area contributed by atoms with Gasteiger partial charge in [0.2, 0.25) is 0 Å². The Labute approximate surface area is 90.4 Å². The van der Waals surface area contributed by atoms with Crippen LogP contribution in [0, 0.1) is 10.1 Å². The molecule has 82 valence electrons. The van der Waals surface area contributed by atoms with Crippen LogP contribution in [0.15, 0.2) is 16.5 Å². The molecule has 0 aliphatic carbocycles. The van der Waals surface area contributed by atoms with E-state index in [2.05, 4.69) is 9.73 Å². The summed E-state index contributed by atoms with van der Waals surface area (Å²) in [6.45, 7) is 1.99. The third-order valence-electron chi connectivity index (χ3n) is 1.54. The minimum absolute atomic E-state index is 0.0981. The van der Waals surface area contributed by atoms with E-state index in [1.807, 2.05) is 0 Å². The van der Waals surface area contributed by atoms with Gasteiger partial charge in [-0.25, -0.2) is 0 Å². The van der Waals surface area contributed by atoms with E-state index in [4.69, 9.17) is 11.6 Å². The Bertz CT molecular complexity index is 374. The lowest BCUT2D eigenvalue weighted by molar-refractivity contribution is -0.402. The van der Waals surface area contributed by atoms with Crippen molar-refractivity contribution in [3.05, 3.63) is 28.0 Å². The highest BCUT2D eigenvalue weighted by atomic mass is 35.5. The van der Waals surface area contributed by atoms with Gasteiger partial charge < -0.3 is 9.73 Å². The lowest BCUT2D eigenvalue weighted by atomic mass is 10.4. The van der Waals surface area contributed by atoms with Crippen LogP contribution < -0.4 is 5.32 Å². The number of halogens is 1. The van der Waals surface area contributed by atoms with Crippen molar-refractivity contribution < 1.29 is 14.1 Å². The summed E-state index contributed by atoms with van der Waals surface area (Å²) in [7, 11) is 0. The molecular weight excluding hydrogens is 224 g/mol. The van der Waals surface area contributed by atoms with E-state index in [0.717, 1.165) is 6.07 Å². The quantitative estimate of drug-likeness (QED) is 0.485. The Balaban J connectivity index is 2.62. The first-order chi connectivity index (χ1) is 7.00. The summed E-state index contributed by atoms with van der Waals surface area (Å²) in [5, 5.41) is 12.5. The predicted molar refractivity (Wildman–Crippen MR) is 53.0 cm³/mol. The zero-order chi connectivity index (χ0) is 11.4. The van der Waals surface area contributed by atoms with Gasteiger partial charge in [-0.3, -0.25) is 14.9 Å². The van der Waals surface area contributed by atoms with Gasteiger partial charge in [-0.15, -0.1) is 11.6 Å². The van der Waals surface area contributed by atoms with Gasteiger partial charge in [0.1, 0.15) is 4.92 Å². The minimum atomic E-state index is -0.707. The highest BCUT2D eigenvalue weighted by molar-refractivity contribution is 6.20. The number of alkyl halides is 1. The van der Waals surface area contributed by atoms with Crippen molar-refractivity contribution in [2.75, 3.05) is 6.54 Å². The van der Waals surface area contributed by atoms with Crippen LogP contribution in [-0.2, 0) is 0 Å².